The van der Waals surface area contributed by atoms with Crippen LogP contribution in [0.5, 0.6) is 0 Å². The van der Waals surface area contributed by atoms with Crippen molar-refractivity contribution in [1.82, 2.24) is 0 Å². The van der Waals surface area contributed by atoms with Crippen molar-refractivity contribution in [2.75, 3.05) is 6.61 Å². The Kier molecular flexibility index (Phi) is 7.33. The van der Waals surface area contributed by atoms with Crippen molar-refractivity contribution >= 4 is 5.97 Å². The van der Waals surface area contributed by atoms with Gasteiger partial charge < -0.3 is 4.74 Å². The first-order valence-corrected chi connectivity index (χ1v) is 5.22. The topological polar surface area (TPSA) is 26.3 Å². The number of carbonyl (C=O) groups excluding carboxylic acids is 1. The van der Waals surface area contributed by atoms with E-state index >= 15 is 0 Å². The van der Waals surface area contributed by atoms with Crippen LogP contribution in [0, 0.1) is 5.92 Å². The molecular formula is C13H20O2. The van der Waals surface area contributed by atoms with E-state index in [4.69, 9.17) is 4.74 Å². The van der Waals surface area contributed by atoms with Gasteiger partial charge in [0, 0.05) is 6.08 Å². The monoisotopic (exact) mass is 208 g/mol. The van der Waals surface area contributed by atoms with Crippen LogP contribution in [0.25, 0.3) is 0 Å². The van der Waals surface area contributed by atoms with Gasteiger partial charge in [-0.25, -0.2) is 4.79 Å². The van der Waals surface area contributed by atoms with E-state index in [0.717, 1.165) is 18.4 Å². The van der Waals surface area contributed by atoms with E-state index in [0.29, 0.717) is 12.5 Å². The molecule has 15 heavy (non-hydrogen) atoms. The quantitative estimate of drug-likeness (QED) is 0.364. The van der Waals surface area contributed by atoms with Crippen LogP contribution in [0.1, 0.15) is 26.7 Å². The molecule has 0 heterocycles. The molecule has 2 heteroatoms. The Morgan fingerprint density at radius 3 is 2.27 bits per heavy atom. The second-order valence-corrected chi connectivity index (χ2v) is 3.39. The van der Waals surface area contributed by atoms with Crippen LogP contribution in [0.4, 0.5) is 0 Å². The summed E-state index contributed by atoms with van der Waals surface area (Å²) in [7, 11) is 0. The Hall–Kier alpha value is -1.31. The minimum absolute atomic E-state index is 0.270. The second-order valence-electron chi connectivity index (χ2n) is 3.39. The molecule has 0 amide bonds. The number of allylic oxidation sites excluding steroid dienone is 3. The standard InChI is InChI=1S/C13H20O2/c1-5-8-12(9-6-2)11(4)10-13(14)15-7-3/h5-6,10,12H,1-2,7-9H2,3-4H3/b11-10-. The molecule has 0 saturated heterocycles. The molecule has 0 atom stereocenters. The highest BCUT2D eigenvalue weighted by Gasteiger charge is 2.09. The van der Waals surface area contributed by atoms with E-state index in [1.54, 1.807) is 13.0 Å². The van der Waals surface area contributed by atoms with E-state index in [9.17, 15) is 4.79 Å². The van der Waals surface area contributed by atoms with Crippen LogP contribution in [-0.2, 0) is 9.53 Å². The molecule has 0 unspecified atom stereocenters. The first kappa shape index (κ1) is 13.7. The van der Waals surface area contributed by atoms with Crippen LogP contribution in [0.3, 0.4) is 0 Å². The molecule has 0 aromatic heterocycles. The van der Waals surface area contributed by atoms with Gasteiger partial charge in [0.1, 0.15) is 0 Å². The largest absolute Gasteiger partial charge is 0.463 e. The Morgan fingerprint density at radius 2 is 1.87 bits per heavy atom. The molecule has 0 saturated carbocycles. The molecule has 0 rings (SSSR count). The Bertz CT molecular complexity index is 241. The van der Waals surface area contributed by atoms with E-state index in [1.165, 1.54) is 0 Å². The van der Waals surface area contributed by atoms with E-state index in [2.05, 4.69) is 13.2 Å². The first-order valence-electron chi connectivity index (χ1n) is 5.22. The lowest BCUT2D eigenvalue weighted by atomic mass is 9.93. The lowest BCUT2D eigenvalue weighted by molar-refractivity contribution is -0.137. The van der Waals surface area contributed by atoms with Gasteiger partial charge in [0.25, 0.3) is 0 Å². The van der Waals surface area contributed by atoms with Gasteiger partial charge in [-0.3, -0.25) is 0 Å². The SMILES string of the molecule is C=CCC(CC=C)/C(C)=C\C(=O)OCC. The average Bonchev–Trinajstić information content (AvgIpc) is 2.17. The van der Waals surface area contributed by atoms with Crippen LogP contribution >= 0.6 is 0 Å². The zero-order valence-corrected chi connectivity index (χ0v) is 9.66. The predicted octanol–water partition coefficient (Wildman–Crippen LogP) is 3.26. The molecule has 0 radical (unpaired) electrons. The minimum atomic E-state index is -0.270. The van der Waals surface area contributed by atoms with Crippen molar-refractivity contribution in [3.63, 3.8) is 0 Å². The fraction of sp³-hybridized carbons (Fsp3) is 0.462. The minimum Gasteiger partial charge on any atom is -0.463 e. The molecule has 0 fully saturated rings. The summed E-state index contributed by atoms with van der Waals surface area (Å²) in [5.41, 5.74) is 1.02. The van der Waals surface area contributed by atoms with Gasteiger partial charge in [0.15, 0.2) is 0 Å². The highest BCUT2D eigenvalue weighted by atomic mass is 16.5. The summed E-state index contributed by atoms with van der Waals surface area (Å²) in [6.07, 6.45) is 6.98. The summed E-state index contributed by atoms with van der Waals surface area (Å²) in [6.45, 7) is 11.6. The fourth-order valence-electron chi connectivity index (χ4n) is 1.36. The van der Waals surface area contributed by atoms with Crippen molar-refractivity contribution < 1.29 is 9.53 Å². The lowest BCUT2D eigenvalue weighted by Crippen LogP contribution is -2.05. The Morgan fingerprint density at radius 1 is 1.33 bits per heavy atom. The molecule has 0 bridgehead atoms. The molecule has 0 N–H and O–H groups in total. The number of ether oxygens (including phenoxy) is 1. The van der Waals surface area contributed by atoms with Gasteiger partial charge in [-0.05, 0) is 32.6 Å². The van der Waals surface area contributed by atoms with Gasteiger partial charge in [-0.2, -0.15) is 0 Å². The zero-order valence-electron chi connectivity index (χ0n) is 9.66. The smallest absolute Gasteiger partial charge is 0.330 e. The number of rotatable bonds is 7. The van der Waals surface area contributed by atoms with E-state index in [1.807, 2.05) is 19.1 Å². The molecule has 0 aliphatic heterocycles. The third-order valence-electron chi connectivity index (χ3n) is 2.18. The maximum atomic E-state index is 11.2. The van der Waals surface area contributed by atoms with Crippen molar-refractivity contribution in [3.8, 4) is 0 Å². The van der Waals surface area contributed by atoms with Gasteiger partial charge in [-0.1, -0.05) is 17.7 Å². The third kappa shape index (κ3) is 5.89. The average molecular weight is 208 g/mol. The Balaban J connectivity index is 4.44. The van der Waals surface area contributed by atoms with Gasteiger partial charge in [0.2, 0.25) is 0 Å². The molecular weight excluding hydrogens is 188 g/mol. The summed E-state index contributed by atoms with van der Waals surface area (Å²) >= 11 is 0. The zero-order chi connectivity index (χ0) is 11.7. The molecule has 0 spiro atoms. The molecule has 0 aromatic rings. The number of esters is 1. The van der Waals surface area contributed by atoms with Crippen molar-refractivity contribution in [1.29, 1.82) is 0 Å². The second kappa shape index (κ2) is 8.04. The van der Waals surface area contributed by atoms with E-state index in [-0.39, 0.29) is 5.97 Å². The predicted molar refractivity (Wildman–Crippen MR) is 63.5 cm³/mol. The maximum Gasteiger partial charge on any atom is 0.330 e. The van der Waals surface area contributed by atoms with Crippen LogP contribution in [0.2, 0.25) is 0 Å². The number of hydrogen-bond donors (Lipinski definition) is 0. The summed E-state index contributed by atoms with van der Waals surface area (Å²) in [6, 6.07) is 0. The summed E-state index contributed by atoms with van der Waals surface area (Å²) in [5, 5.41) is 0. The van der Waals surface area contributed by atoms with Gasteiger partial charge in [-0.15, -0.1) is 13.2 Å². The van der Waals surface area contributed by atoms with E-state index < -0.39 is 0 Å². The maximum absolute atomic E-state index is 11.2. The normalized spacial score (nSPS) is 11.3. The molecule has 2 nitrogen and oxygen atoms in total. The fourth-order valence-corrected chi connectivity index (χ4v) is 1.36. The van der Waals surface area contributed by atoms with Crippen LogP contribution in [-0.4, -0.2) is 12.6 Å². The lowest BCUT2D eigenvalue weighted by Gasteiger charge is -2.13. The number of carbonyl (C=O) groups is 1. The van der Waals surface area contributed by atoms with Crippen molar-refractivity contribution in [3.05, 3.63) is 37.0 Å². The molecule has 0 aliphatic rings. The number of hydrogen-bond acceptors (Lipinski definition) is 2. The van der Waals surface area contributed by atoms with Gasteiger partial charge >= 0.3 is 5.97 Å². The highest BCUT2D eigenvalue weighted by Crippen LogP contribution is 2.19. The molecule has 0 aromatic carbocycles. The van der Waals surface area contributed by atoms with Crippen molar-refractivity contribution in [2.24, 2.45) is 5.92 Å². The molecule has 0 aliphatic carbocycles. The van der Waals surface area contributed by atoms with Crippen molar-refractivity contribution in [2.45, 2.75) is 26.7 Å². The first-order chi connectivity index (χ1) is 7.15. The Labute approximate surface area is 92.3 Å². The summed E-state index contributed by atoms with van der Waals surface area (Å²) in [5.74, 6) is 0.0394. The van der Waals surface area contributed by atoms with Crippen LogP contribution < -0.4 is 0 Å². The van der Waals surface area contributed by atoms with Crippen LogP contribution in [0.15, 0.2) is 37.0 Å². The third-order valence-corrected chi connectivity index (χ3v) is 2.18. The highest BCUT2D eigenvalue weighted by molar-refractivity contribution is 5.82. The summed E-state index contributed by atoms with van der Waals surface area (Å²) < 4.78 is 4.85. The van der Waals surface area contributed by atoms with Gasteiger partial charge in [0.05, 0.1) is 6.61 Å². The molecule has 84 valence electrons. The summed E-state index contributed by atoms with van der Waals surface area (Å²) in [4.78, 5) is 11.2.